The first kappa shape index (κ1) is 13.8. The van der Waals surface area contributed by atoms with Crippen LogP contribution in [0.3, 0.4) is 0 Å². The first-order chi connectivity index (χ1) is 12.3. The van der Waals surface area contributed by atoms with Gasteiger partial charge in [-0.05, 0) is 12.1 Å². The zero-order valence-corrected chi connectivity index (χ0v) is 13.1. The molecule has 0 unspecified atom stereocenters. The van der Waals surface area contributed by atoms with Crippen molar-refractivity contribution in [2.45, 2.75) is 0 Å². The Morgan fingerprint density at radius 2 is 1.56 bits per heavy atom. The third-order valence-corrected chi connectivity index (χ3v) is 4.39. The number of aromatic nitrogens is 3. The van der Waals surface area contributed by atoms with Crippen LogP contribution in [0, 0.1) is 0 Å². The van der Waals surface area contributed by atoms with Crippen molar-refractivity contribution in [2.75, 3.05) is 0 Å². The summed E-state index contributed by atoms with van der Waals surface area (Å²) in [5.41, 5.74) is 3.37. The Hall–Kier alpha value is -3.60. The molecule has 25 heavy (non-hydrogen) atoms. The van der Waals surface area contributed by atoms with Gasteiger partial charge in [-0.2, -0.15) is 0 Å². The molecule has 3 aromatic heterocycles. The molecule has 0 aliphatic rings. The number of oxazole rings is 1. The van der Waals surface area contributed by atoms with Crippen LogP contribution in [-0.4, -0.2) is 20.7 Å². The minimum atomic E-state index is -0.233. The monoisotopic (exact) mass is 327 g/mol. The summed E-state index contributed by atoms with van der Waals surface area (Å²) < 4.78 is 5.78. The summed E-state index contributed by atoms with van der Waals surface area (Å²) in [7, 11) is 0. The van der Waals surface area contributed by atoms with Gasteiger partial charge in [0.05, 0.1) is 11.8 Å². The Balaban J connectivity index is 1.57. The van der Waals surface area contributed by atoms with E-state index in [-0.39, 0.29) is 11.7 Å². The molecule has 0 saturated heterocycles. The maximum Gasteiger partial charge on any atom is 0.268 e. The number of hydrogen-bond acceptors (Lipinski definition) is 3. The first-order valence-corrected chi connectivity index (χ1v) is 7.94. The van der Waals surface area contributed by atoms with Crippen molar-refractivity contribution in [1.82, 2.24) is 15.0 Å². The molecule has 0 atom stereocenters. The number of rotatable bonds is 3. The van der Waals surface area contributed by atoms with E-state index in [0.717, 1.165) is 27.4 Å². The second-order valence-corrected chi connectivity index (χ2v) is 5.85. The van der Waals surface area contributed by atoms with Crippen LogP contribution in [0.4, 0.5) is 0 Å². The molecule has 0 aliphatic heterocycles. The van der Waals surface area contributed by atoms with E-state index in [9.17, 15) is 4.79 Å². The van der Waals surface area contributed by atoms with Gasteiger partial charge in [0.25, 0.3) is 5.89 Å². The molecule has 5 heteroatoms. The molecule has 0 amide bonds. The van der Waals surface area contributed by atoms with Crippen molar-refractivity contribution in [3.8, 4) is 11.3 Å². The first-order valence-electron chi connectivity index (χ1n) is 7.94. The highest BCUT2D eigenvalue weighted by molar-refractivity contribution is 6.14. The van der Waals surface area contributed by atoms with Crippen molar-refractivity contribution >= 4 is 27.6 Å². The molecule has 2 aromatic carbocycles. The summed E-state index contributed by atoms with van der Waals surface area (Å²) in [6.07, 6.45) is 5.16. The number of nitrogens with zero attached hydrogens (tertiary/aromatic N) is 1. The van der Waals surface area contributed by atoms with E-state index >= 15 is 0 Å². The lowest BCUT2D eigenvalue weighted by molar-refractivity contribution is 0.100. The number of hydrogen-bond donors (Lipinski definition) is 2. The second kappa shape index (κ2) is 5.21. The van der Waals surface area contributed by atoms with E-state index in [1.165, 1.54) is 0 Å². The third kappa shape index (κ3) is 2.10. The van der Waals surface area contributed by atoms with Crippen LogP contribution in [0.1, 0.15) is 16.2 Å². The number of carbonyl (C=O) groups excluding carboxylic acids is 1. The van der Waals surface area contributed by atoms with Gasteiger partial charge in [0.2, 0.25) is 5.78 Å². The molecule has 5 nitrogen and oxygen atoms in total. The van der Waals surface area contributed by atoms with Gasteiger partial charge in [0.15, 0.2) is 5.76 Å². The van der Waals surface area contributed by atoms with Crippen molar-refractivity contribution in [2.24, 2.45) is 0 Å². The van der Waals surface area contributed by atoms with Crippen LogP contribution in [0.25, 0.3) is 33.1 Å². The lowest BCUT2D eigenvalue weighted by atomic mass is 10.1. The molecular weight excluding hydrogens is 314 g/mol. The Bertz CT molecular complexity index is 1230. The van der Waals surface area contributed by atoms with Crippen LogP contribution < -0.4 is 0 Å². The summed E-state index contributed by atoms with van der Waals surface area (Å²) in [6, 6.07) is 15.6. The normalized spacial score (nSPS) is 11.4. The van der Waals surface area contributed by atoms with E-state index < -0.39 is 0 Å². The lowest BCUT2D eigenvalue weighted by Gasteiger charge is -1.95. The summed E-state index contributed by atoms with van der Waals surface area (Å²) in [4.78, 5) is 23.3. The maximum absolute atomic E-state index is 12.8. The third-order valence-electron chi connectivity index (χ3n) is 4.39. The molecule has 0 radical (unpaired) electrons. The fourth-order valence-corrected chi connectivity index (χ4v) is 3.15. The average molecular weight is 327 g/mol. The van der Waals surface area contributed by atoms with E-state index in [1.807, 2.05) is 54.7 Å². The number of ketones is 1. The topological polar surface area (TPSA) is 74.7 Å². The molecule has 0 bridgehead atoms. The number of carbonyl (C=O) groups is 1. The Kier molecular flexibility index (Phi) is 2.87. The molecule has 3 heterocycles. The summed E-state index contributed by atoms with van der Waals surface area (Å²) in [6.45, 7) is 0. The quantitative estimate of drug-likeness (QED) is 0.478. The van der Waals surface area contributed by atoms with Gasteiger partial charge in [0.1, 0.15) is 0 Å². The molecule has 0 aliphatic carbocycles. The minimum Gasteiger partial charge on any atom is -0.433 e. The van der Waals surface area contributed by atoms with Crippen LogP contribution >= 0.6 is 0 Å². The Labute approximate surface area is 142 Å². The molecule has 5 rings (SSSR count). The van der Waals surface area contributed by atoms with Crippen molar-refractivity contribution in [1.29, 1.82) is 0 Å². The molecule has 2 N–H and O–H groups in total. The summed E-state index contributed by atoms with van der Waals surface area (Å²) in [5.74, 6) is 0.425. The van der Waals surface area contributed by atoms with Gasteiger partial charge in [-0.25, -0.2) is 4.98 Å². The fraction of sp³-hybridized carbons (Fsp3) is 0. The molecule has 0 saturated carbocycles. The number of H-pyrrole nitrogens is 2. The number of fused-ring (bicyclic) bond motifs is 2. The van der Waals surface area contributed by atoms with Crippen LogP contribution in [0.15, 0.2) is 71.5 Å². The molecule has 5 aromatic rings. The zero-order chi connectivity index (χ0) is 16.8. The molecule has 0 fully saturated rings. The highest BCUT2D eigenvalue weighted by Gasteiger charge is 2.20. The van der Waals surface area contributed by atoms with E-state index in [4.69, 9.17) is 4.42 Å². The van der Waals surface area contributed by atoms with Gasteiger partial charge in [0, 0.05) is 39.8 Å². The van der Waals surface area contributed by atoms with Crippen LogP contribution in [-0.2, 0) is 0 Å². The fourth-order valence-electron chi connectivity index (χ4n) is 3.15. The average Bonchev–Trinajstić information content (AvgIpc) is 3.38. The lowest BCUT2D eigenvalue weighted by Crippen LogP contribution is -2.00. The number of benzene rings is 2. The largest absolute Gasteiger partial charge is 0.433 e. The Morgan fingerprint density at radius 3 is 2.40 bits per heavy atom. The standard InChI is InChI=1S/C20H13N3O2/c24-19(15-10-22-17-8-4-2-6-13(15)17)20-23-11-18(25-20)14-9-21-16-7-3-1-5-12(14)16/h1-11,21-22H. The van der Waals surface area contributed by atoms with Crippen LogP contribution in [0.5, 0.6) is 0 Å². The van der Waals surface area contributed by atoms with Gasteiger partial charge in [-0.1, -0.05) is 36.4 Å². The minimum absolute atomic E-state index is 0.0880. The van der Waals surface area contributed by atoms with Gasteiger partial charge < -0.3 is 14.4 Å². The molecule has 0 spiro atoms. The highest BCUT2D eigenvalue weighted by Crippen LogP contribution is 2.30. The van der Waals surface area contributed by atoms with E-state index in [0.29, 0.717) is 11.3 Å². The molecular formula is C20H13N3O2. The van der Waals surface area contributed by atoms with E-state index in [2.05, 4.69) is 15.0 Å². The number of para-hydroxylation sites is 2. The number of nitrogens with one attached hydrogen (secondary N) is 2. The van der Waals surface area contributed by atoms with E-state index in [1.54, 1.807) is 12.4 Å². The highest BCUT2D eigenvalue weighted by atomic mass is 16.4. The van der Waals surface area contributed by atoms with Crippen LogP contribution in [0.2, 0.25) is 0 Å². The van der Waals surface area contributed by atoms with Crippen molar-refractivity contribution < 1.29 is 9.21 Å². The summed E-state index contributed by atoms with van der Waals surface area (Å²) in [5, 5.41) is 1.89. The zero-order valence-electron chi connectivity index (χ0n) is 13.1. The van der Waals surface area contributed by atoms with Crippen molar-refractivity contribution in [3.05, 3.63) is 78.6 Å². The smallest absolute Gasteiger partial charge is 0.268 e. The molecule has 120 valence electrons. The number of aromatic amines is 2. The Morgan fingerprint density at radius 1 is 0.880 bits per heavy atom. The SMILES string of the molecule is O=C(c1ncc(-c2c[nH]c3ccccc23)o1)c1c[nH]c2ccccc12. The van der Waals surface area contributed by atoms with Crippen molar-refractivity contribution in [3.63, 3.8) is 0 Å². The second-order valence-electron chi connectivity index (χ2n) is 5.85. The van der Waals surface area contributed by atoms with Gasteiger partial charge in [-0.3, -0.25) is 4.79 Å². The summed E-state index contributed by atoms with van der Waals surface area (Å²) >= 11 is 0. The predicted octanol–water partition coefficient (Wildman–Crippen LogP) is 4.54. The maximum atomic E-state index is 12.8. The predicted molar refractivity (Wildman–Crippen MR) is 95.5 cm³/mol. The van der Waals surface area contributed by atoms with Gasteiger partial charge >= 0.3 is 0 Å². The van der Waals surface area contributed by atoms with Gasteiger partial charge in [-0.15, -0.1) is 0 Å².